The SMILES string of the molecule is O=C(Nc1ccccc1)NN1CCCC1. The number of para-hydroxylation sites is 1. The number of benzene rings is 1. The Morgan fingerprint density at radius 2 is 1.80 bits per heavy atom. The molecule has 0 saturated carbocycles. The van der Waals surface area contributed by atoms with Crippen molar-refractivity contribution in [2.45, 2.75) is 12.8 Å². The standard InChI is InChI=1S/C11H15N3O/c15-11(13-14-8-4-5-9-14)12-10-6-2-1-3-7-10/h1-3,6-7H,4-5,8-9H2,(H2,12,13,15). The molecule has 1 heterocycles. The van der Waals surface area contributed by atoms with Crippen LogP contribution in [0.2, 0.25) is 0 Å². The Balaban J connectivity index is 1.82. The molecule has 2 rings (SSSR count). The molecule has 0 atom stereocenters. The molecule has 0 radical (unpaired) electrons. The van der Waals surface area contributed by atoms with Crippen LogP contribution in [-0.4, -0.2) is 24.1 Å². The van der Waals surface area contributed by atoms with Crippen LogP contribution in [0, 0.1) is 0 Å². The normalized spacial score (nSPS) is 16.3. The number of rotatable bonds is 2. The van der Waals surface area contributed by atoms with Gasteiger partial charge in [-0.1, -0.05) is 18.2 Å². The summed E-state index contributed by atoms with van der Waals surface area (Å²) in [5.74, 6) is 0. The van der Waals surface area contributed by atoms with E-state index >= 15 is 0 Å². The maximum atomic E-state index is 11.5. The first-order valence-electron chi connectivity index (χ1n) is 5.22. The Morgan fingerprint density at radius 1 is 1.13 bits per heavy atom. The Morgan fingerprint density at radius 3 is 2.47 bits per heavy atom. The molecule has 4 heteroatoms. The van der Waals surface area contributed by atoms with Crippen LogP contribution in [0.3, 0.4) is 0 Å². The minimum Gasteiger partial charge on any atom is -0.307 e. The van der Waals surface area contributed by atoms with Crippen molar-refractivity contribution in [2.75, 3.05) is 18.4 Å². The highest BCUT2D eigenvalue weighted by Gasteiger charge is 2.13. The maximum Gasteiger partial charge on any atom is 0.333 e. The van der Waals surface area contributed by atoms with Crippen molar-refractivity contribution in [3.63, 3.8) is 0 Å². The molecule has 2 amide bonds. The molecule has 1 aromatic carbocycles. The zero-order valence-corrected chi connectivity index (χ0v) is 8.57. The third-order valence-electron chi connectivity index (χ3n) is 2.40. The first kappa shape index (κ1) is 9.98. The van der Waals surface area contributed by atoms with Gasteiger partial charge in [-0.25, -0.2) is 9.80 Å². The second-order valence-electron chi connectivity index (χ2n) is 3.63. The second-order valence-corrected chi connectivity index (χ2v) is 3.63. The number of hydrogen-bond acceptors (Lipinski definition) is 2. The van der Waals surface area contributed by atoms with Crippen molar-refractivity contribution in [1.29, 1.82) is 0 Å². The van der Waals surface area contributed by atoms with Crippen molar-refractivity contribution in [3.05, 3.63) is 30.3 Å². The number of hydrogen-bond donors (Lipinski definition) is 2. The number of carbonyl (C=O) groups is 1. The molecule has 1 fully saturated rings. The summed E-state index contributed by atoms with van der Waals surface area (Å²) in [5, 5.41) is 4.72. The largest absolute Gasteiger partial charge is 0.333 e. The average Bonchev–Trinajstić information content (AvgIpc) is 2.71. The molecule has 1 aromatic rings. The van der Waals surface area contributed by atoms with Gasteiger partial charge in [-0.15, -0.1) is 0 Å². The van der Waals surface area contributed by atoms with Crippen molar-refractivity contribution in [1.82, 2.24) is 10.4 Å². The zero-order chi connectivity index (χ0) is 10.5. The summed E-state index contributed by atoms with van der Waals surface area (Å²) >= 11 is 0. The molecular formula is C11H15N3O. The van der Waals surface area contributed by atoms with Crippen molar-refractivity contribution < 1.29 is 4.79 Å². The van der Waals surface area contributed by atoms with Gasteiger partial charge in [0.05, 0.1) is 0 Å². The Kier molecular flexibility index (Phi) is 3.19. The van der Waals surface area contributed by atoms with E-state index in [2.05, 4.69) is 10.7 Å². The third kappa shape index (κ3) is 2.95. The summed E-state index contributed by atoms with van der Waals surface area (Å²) in [7, 11) is 0. The summed E-state index contributed by atoms with van der Waals surface area (Å²) in [5.41, 5.74) is 3.62. The summed E-state index contributed by atoms with van der Waals surface area (Å²) in [6, 6.07) is 9.27. The van der Waals surface area contributed by atoms with Crippen molar-refractivity contribution in [3.8, 4) is 0 Å². The Bertz CT molecular complexity index is 320. The molecule has 15 heavy (non-hydrogen) atoms. The molecule has 1 saturated heterocycles. The van der Waals surface area contributed by atoms with Gasteiger partial charge in [-0.05, 0) is 25.0 Å². The number of hydrazine groups is 1. The Labute approximate surface area is 89.2 Å². The van der Waals surface area contributed by atoms with Crippen LogP contribution in [0.25, 0.3) is 0 Å². The lowest BCUT2D eigenvalue weighted by Gasteiger charge is -2.16. The molecule has 0 bridgehead atoms. The van der Waals surface area contributed by atoms with E-state index in [0.717, 1.165) is 31.6 Å². The lowest BCUT2D eigenvalue weighted by molar-refractivity contribution is 0.209. The highest BCUT2D eigenvalue weighted by atomic mass is 16.2. The lowest BCUT2D eigenvalue weighted by Crippen LogP contribution is -2.42. The quantitative estimate of drug-likeness (QED) is 0.773. The van der Waals surface area contributed by atoms with E-state index in [-0.39, 0.29) is 6.03 Å². The van der Waals surface area contributed by atoms with E-state index in [4.69, 9.17) is 0 Å². The van der Waals surface area contributed by atoms with Crippen LogP contribution >= 0.6 is 0 Å². The summed E-state index contributed by atoms with van der Waals surface area (Å²) < 4.78 is 0. The van der Waals surface area contributed by atoms with Gasteiger partial charge in [0.2, 0.25) is 0 Å². The first-order chi connectivity index (χ1) is 7.34. The molecule has 0 aliphatic carbocycles. The van der Waals surface area contributed by atoms with Gasteiger partial charge in [-0.3, -0.25) is 5.43 Å². The predicted octanol–water partition coefficient (Wildman–Crippen LogP) is 1.82. The maximum absolute atomic E-state index is 11.5. The number of anilines is 1. The van der Waals surface area contributed by atoms with Gasteiger partial charge < -0.3 is 5.32 Å². The van der Waals surface area contributed by atoms with Crippen LogP contribution < -0.4 is 10.7 Å². The number of urea groups is 1. The predicted molar refractivity (Wildman–Crippen MR) is 59.4 cm³/mol. The lowest BCUT2D eigenvalue weighted by atomic mass is 10.3. The highest BCUT2D eigenvalue weighted by Crippen LogP contribution is 2.06. The van der Waals surface area contributed by atoms with Crippen LogP contribution in [-0.2, 0) is 0 Å². The van der Waals surface area contributed by atoms with Gasteiger partial charge in [0.1, 0.15) is 0 Å². The summed E-state index contributed by atoms with van der Waals surface area (Å²) in [6.45, 7) is 1.89. The number of nitrogens with zero attached hydrogens (tertiary/aromatic N) is 1. The fourth-order valence-electron chi connectivity index (χ4n) is 1.65. The van der Waals surface area contributed by atoms with Gasteiger partial charge >= 0.3 is 6.03 Å². The molecule has 2 N–H and O–H groups in total. The number of amides is 2. The van der Waals surface area contributed by atoms with Crippen LogP contribution in [0.1, 0.15) is 12.8 Å². The zero-order valence-electron chi connectivity index (χ0n) is 8.57. The van der Waals surface area contributed by atoms with Crippen LogP contribution in [0.15, 0.2) is 30.3 Å². The molecule has 1 aliphatic heterocycles. The number of nitrogens with one attached hydrogen (secondary N) is 2. The van der Waals surface area contributed by atoms with Crippen LogP contribution in [0.4, 0.5) is 10.5 Å². The fraction of sp³-hybridized carbons (Fsp3) is 0.364. The third-order valence-corrected chi connectivity index (χ3v) is 2.40. The summed E-state index contributed by atoms with van der Waals surface area (Å²) in [4.78, 5) is 11.5. The molecule has 80 valence electrons. The topological polar surface area (TPSA) is 44.4 Å². The first-order valence-corrected chi connectivity index (χ1v) is 5.22. The van der Waals surface area contributed by atoms with Crippen LogP contribution in [0.5, 0.6) is 0 Å². The van der Waals surface area contributed by atoms with Crippen molar-refractivity contribution >= 4 is 11.7 Å². The number of carbonyl (C=O) groups excluding carboxylic acids is 1. The molecule has 4 nitrogen and oxygen atoms in total. The minimum absolute atomic E-state index is 0.164. The van der Waals surface area contributed by atoms with Gasteiger partial charge in [0, 0.05) is 18.8 Å². The average molecular weight is 205 g/mol. The fourth-order valence-corrected chi connectivity index (χ4v) is 1.65. The smallest absolute Gasteiger partial charge is 0.307 e. The van der Waals surface area contributed by atoms with Gasteiger partial charge in [0.15, 0.2) is 0 Å². The molecule has 0 spiro atoms. The molecule has 0 unspecified atom stereocenters. The Hall–Kier alpha value is -1.55. The van der Waals surface area contributed by atoms with E-state index in [1.807, 2.05) is 35.3 Å². The van der Waals surface area contributed by atoms with E-state index in [9.17, 15) is 4.79 Å². The molecule has 1 aliphatic rings. The van der Waals surface area contributed by atoms with Crippen molar-refractivity contribution in [2.24, 2.45) is 0 Å². The highest BCUT2D eigenvalue weighted by molar-refractivity contribution is 5.88. The summed E-state index contributed by atoms with van der Waals surface area (Å²) in [6.07, 6.45) is 2.32. The van der Waals surface area contributed by atoms with Gasteiger partial charge in [-0.2, -0.15) is 0 Å². The second kappa shape index (κ2) is 4.79. The minimum atomic E-state index is -0.164. The monoisotopic (exact) mass is 205 g/mol. The van der Waals surface area contributed by atoms with Gasteiger partial charge in [0.25, 0.3) is 0 Å². The molecule has 0 aromatic heterocycles. The van der Waals surface area contributed by atoms with E-state index in [1.54, 1.807) is 0 Å². The van der Waals surface area contributed by atoms with E-state index in [1.165, 1.54) is 0 Å². The van der Waals surface area contributed by atoms with E-state index in [0.29, 0.717) is 0 Å². The van der Waals surface area contributed by atoms with E-state index < -0.39 is 0 Å². The molecular weight excluding hydrogens is 190 g/mol.